The van der Waals surface area contributed by atoms with Crippen molar-refractivity contribution in [2.24, 2.45) is 0 Å². The molecule has 0 bridgehead atoms. The SMILES string of the molecule is C=CC(=O)NCC(C)(C)OS(C)(=O)=O. The van der Waals surface area contributed by atoms with E-state index in [2.05, 4.69) is 11.9 Å². The molecule has 1 N–H and O–H groups in total. The summed E-state index contributed by atoms with van der Waals surface area (Å²) in [7, 11) is -3.51. The molecule has 82 valence electrons. The minimum atomic E-state index is -3.51. The molecule has 14 heavy (non-hydrogen) atoms. The van der Waals surface area contributed by atoms with Crippen LogP contribution in [-0.4, -0.2) is 32.7 Å². The Bertz CT molecular complexity index is 318. The summed E-state index contributed by atoms with van der Waals surface area (Å²) in [6.07, 6.45) is 2.07. The third-order valence-corrected chi connectivity index (χ3v) is 2.00. The van der Waals surface area contributed by atoms with Gasteiger partial charge in [-0.2, -0.15) is 8.42 Å². The van der Waals surface area contributed by atoms with Gasteiger partial charge in [-0.1, -0.05) is 6.58 Å². The molecule has 0 saturated carbocycles. The van der Waals surface area contributed by atoms with Crippen LogP contribution in [0, 0.1) is 0 Å². The van der Waals surface area contributed by atoms with Crippen LogP contribution in [0.3, 0.4) is 0 Å². The maximum absolute atomic E-state index is 10.8. The van der Waals surface area contributed by atoms with Crippen molar-refractivity contribution in [3.8, 4) is 0 Å². The van der Waals surface area contributed by atoms with Gasteiger partial charge in [0, 0.05) is 6.54 Å². The molecule has 0 saturated heterocycles. The predicted molar refractivity (Wildman–Crippen MR) is 53.2 cm³/mol. The monoisotopic (exact) mass is 221 g/mol. The summed E-state index contributed by atoms with van der Waals surface area (Å²) in [4.78, 5) is 10.8. The number of hydrogen-bond acceptors (Lipinski definition) is 4. The van der Waals surface area contributed by atoms with Gasteiger partial charge in [0.1, 0.15) is 0 Å². The van der Waals surface area contributed by atoms with Crippen molar-refractivity contribution < 1.29 is 17.4 Å². The van der Waals surface area contributed by atoms with Crippen molar-refractivity contribution in [3.05, 3.63) is 12.7 Å². The lowest BCUT2D eigenvalue weighted by molar-refractivity contribution is -0.117. The van der Waals surface area contributed by atoms with Gasteiger partial charge in [0.25, 0.3) is 10.1 Å². The van der Waals surface area contributed by atoms with Gasteiger partial charge in [0.2, 0.25) is 5.91 Å². The van der Waals surface area contributed by atoms with E-state index < -0.39 is 15.7 Å². The van der Waals surface area contributed by atoms with Crippen LogP contribution in [0.2, 0.25) is 0 Å². The van der Waals surface area contributed by atoms with E-state index in [1.165, 1.54) is 0 Å². The normalized spacial score (nSPS) is 12.2. The molecule has 0 atom stereocenters. The molecule has 0 heterocycles. The highest BCUT2D eigenvalue weighted by Gasteiger charge is 2.24. The van der Waals surface area contributed by atoms with Crippen LogP contribution in [0.15, 0.2) is 12.7 Å². The Labute approximate surface area is 84.3 Å². The molecule has 0 aliphatic rings. The number of hydrogen-bond donors (Lipinski definition) is 1. The molecule has 0 unspecified atom stereocenters. The predicted octanol–water partition coefficient (Wildman–Crippen LogP) is 0.0434. The molecule has 6 heteroatoms. The van der Waals surface area contributed by atoms with Gasteiger partial charge in [-0.3, -0.25) is 8.98 Å². The third kappa shape index (κ3) is 6.62. The highest BCUT2D eigenvalue weighted by Crippen LogP contribution is 2.10. The zero-order valence-corrected chi connectivity index (χ0v) is 9.35. The summed E-state index contributed by atoms with van der Waals surface area (Å²) in [6.45, 7) is 6.50. The maximum atomic E-state index is 10.8. The van der Waals surface area contributed by atoms with Crippen molar-refractivity contribution >= 4 is 16.0 Å². The number of carbonyl (C=O) groups is 1. The van der Waals surface area contributed by atoms with Crippen LogP contribution in [0.4, 0.5) is 0 Å². The molecular formula is C8H15NO4S. The lowest BCUT2D eigenvalue weighted by Gasteiger charge is -2.23. The fraction of sp³-hybridized carbons (Fsp3) is 0.625. The number of carbonyl (C=O) groups excluding carboxylic acids is 1. The van der Waals surface area contributed by atoms with E-state index in [1.54, 1.807) is 13.8 Å². The van der Waals surface area contributed by atoms with Gasteiger partial charge in [-0.15, -0.1) is 0 Å². The minimum absolute atomic E-state index is 0.102. The van der Waals surface area contributed by atoms with Gasteiger partial charge in [-0.05, 0) is 19.9 Å². The van der Waals surface area contributed by atoms with Crippen LogP contribution < -0.4 is 5.32 Å². The van der Waals surface area contributed by atoms with Gasteiger partial charge in [-0.25, -0.2) is 0 Å². The van der Waals surface area contributed by atoms with E-state index in [1.807, 2.05) is 0 Å². The Morgan fingerprint density at radius 2 is 2.07 bits per heavy atom. The summed E-state index contributed by atoms with van der Waals surface area (Å²) < 4.78 is 26.4. The van der Waals surface area contributed by atoms with Crippen molar-refractivity contribution in [1.82, 2.24) is 5.32 Å². The first kappa shape index (κ1) is 13.1. The number of nitrogens with one attached hydrogen (secondary N) is 1. The lowest BCUT2D eigenvalue weighted by Crippen LogP contribution is -2.41. The summed E-state index contributed by atoms with van der Waals surface area (Å²) in [5.41, 5.74) is -0.952. The zero-order valence-electron chi connectivity index (χ0n) is 8.53. The molecule has 0 aliphatic carbocycles. The van der Waals surface area contributed by atoms with Crippen LogP contribution in [0.25, 0.3) is 0 Å². The first-order chi connectivity index (χ1) is 6.16. The molecule has 0 aromatic rings. The Balaban J connectivity index is 4.21. The summed E-state index contributed by atoms with van der Waals surface area (Å²) in [6, 6.07) is 0. The Morgan fingerprint density at radius 3 is 2.43 bits per heavy atom. The third-order valence-electron chi connectivity index (χ3n) is 1.25. The molecule has 5 nitrogen and oxygen atoms in total. The van der Waals surface area contributed by atoms with Crippen molar-refractivity contribution in [3.63, 3.8) is 0 Å². The largest absolute Gasteiger partial charge is 0.350 e. The van der Waals surface area contributed by atoms with Crippen LogP contribution in [0.1, 0.15) is 13.8 Å². The van der Waals surface area contributed by atoms with Gasteiger partial charge >= 0.3 is 0 Å². The molecule has 0 rings (SSSR count). The van der Waals surface area contributed by atoms with Crippen LogP contribution >= 0.6 is 0 Å². The molecule has 0 fully saturated rings. The molecule has 0 aliphatic heterocycles. The van der Waals surface area contributed by atoms with E-state index in [4.69, 9.17) is 4.18 Å². The van der Waals surface area contributed by atoms with Crippen molar-refractivity contribution in [2.75, 3.05) is 12.8 Å². The molecule has 0 spiro atoms. The second-order valence-corrected chi connectivity index (χ2v) is 5.04. The lowest BCUT2D eigenvalue weighted by atomic mass is 10.1. The van der Waals surface area contributed by atoms with E-state index in [0.717, 1.165) is 12.3 Å². The zero-order chi connectivity index (χ0) is 11.4. The summed E-state index contributed by atoms with van der Waals surface area (Å²) in [5.74, 6) is -0.366. The van der Waals surface area contributed by atoms with E-state index in [0.29, 0.717) is 0 Å². The second-order valence-electron chi connectivity index (χ2n) is 3.47. The van der Waals surface area contributed by atoms with E-state index in [9.17, 15) is 13.2 Å². The van der Waals surface area contributed by atoms with E-state index in [-0.39, 0.29) is 12.5 Å². The van der Waals surface area contributed by atoms with Gasteiger partial charge in [0.15, 0.2) is 0 Å². The maximum Gasteiger partial charge on any atom is 0.264 e. The van der Waals surface area contributed by atoms with Gasteiger partial charge in [0.05, 0.1) is 11.9 Å². The molecule has 0 aromatic carbocycles. The fourth-order valence-electron chi connectivity index (χ4n) is 0.811. The topological polar surface area (TPSA) is 72.5 Å². The first-order valence-electron chi connectivity index (χ1n) is 3.97. The van der Waals surface area contributed by atoms with Crippen LogP contribution in [0.5, 0.6) is 0 Å². The number of amides is 1. The first-order valence-corrected chi connectivity index (χ1v) is 5.79. The molecule has 0 radical (unpaired) electrons. The quantitative estimate of drug-likeness (QED) is 0.525. The average molecular weight is 221 g/mol. The number of rotatable bonds is 5. The highest BCUT2D eigenvalue weighted by atomic mass is 32.2. The second kappa shape index (κ2) is 4.56. The summed E-state index contributed by atoms with van der Waals surface area (Å²) in [5, 5.41) is 2.45. The van der Waals surface area contributed by atoms with E-state index >= 15 is 0 Å². The highest BCUT2D eigenvalue weighted by molar-refractivity contribution is 7.86. The fourth-order valence-corrected chi connectivity index (χ4v) is 1.69. The standard InChI is InChI=1S/C8H15NO4S/c1-5-7(10)9-6-8(2,3)13-14(4,11)12/h5H,1,6H2,2-4H3,(H,9,10). The Kier molecular flexibility index (Phi) is 4.28. The smallest absolute Gasteiger partial charge is 0.264 e. The van der Waals surface area contributed by atoms with Crippen LogP contribution in [-0.2, 0) is 19.1 Å². The Morgan fingerprint density at radius 1 is 1.57 bits per heavy atom. The van der Waals surface area contributed by atoms with Crippen molar-refractivity contribution in [1.29, 1.82) is 0 Å². The van der Waals surface area contributed by atoms with Gasteiger partial charge < -0.3 is 5.32 Å². The van der Waals surface area contributed by atoms with Crippen molar-refractivity contribution in [2.45, 2.75) is 19.4 Å². The molecule has 0 aromatic heterocycles. The Hall–Kier alpha value is -0.880. The molecular weight excluding hydrogens is 206 g/mol. The molecule has 1 amide bonds. The minimum Gasteiger partial charge on any atom is -0.350 e. The summed E-state index contributed by atoms with van der Waals surface area (Å²) >= 11 is 0. The average Bonchev–Trinajstić information content (AvgIpc) is 1.96.